The lowest BCUT2D eigenvalue weighted by atomic mass is 9.48. The number of carbonyl (C=O) groups is 1. The summed E-state index contributed by atoms with van der Waals surface area (Å²) >= 11 is 0. The molecule has 1 heterocycles. The molecule has 1 aromatic rings. The van der Waals surface area contributed by atoms with Crippen LogP contribution in [-0.2, 0) is 16.1 Å². The highest BCUT2D eigenvalue weighted by atomic mass is 16.5. The highest BCUT2D eigenvalue weighted by Crippen LogP contribution is 2.61. The van der Waals surface area contributed by atoms with Crippen LogP contribution in [0.4, 0.5) is 0 Å². The van der Waals surface area contributed by atoms with E-state index in [1.807, 2.05) is 12.1 Å². The van der Waals surface area contributed by atoms with Crippen molar-refractivity contribution in [2.45, 2.75) is 58.0 Å². The van der Waals surface area contributed by atoms with Crippen LogP contribution in [0.3, 0.4) is 0 Å². The predicted molar refractivity (Wildman–Crippen MR) is 123 cm³/mol. The molecule has 5 fully saturated rings. The molecule has 4 aliphatic carbocycles. The summed E-state index contributed by atoms with van der Waals surface area (Å²) in [5.74, 6) is 4.21. The Balaban J connectivity index is 1.16. The summed E-state index contributed by atoms with van der Waals surface area (Å²) in [6.07, 6.45) is 8.71. The quantitative estimate of drug-likeness (QED) is 0.666. The van der Waals surface area contributed by atoms with E-state index in [1.54, 1.807) is 12.0 Å². The molecule has 1 aliphatic heterocycles. The molecule has 6 heteroatoms. The minimum absolute atomic E-state index is 0.00880. The number of nitrogens with one attached hydrogen (secondary N) is 1. The number of morpholine rings is 1. The van der Waals surface area contributed by atoms with Gasteiger partial charge in [-0.1, -0.05) is 6.07 Å². The maximum Gasteiger partial charge on any atom is 0.260 e. The molecule has 1 amide bonds. The Morgan fingerprint density at radius 1 is 1.12 bits per heavy atom. The van der Waals surface area contributed by atoms with Crippen LogP contribution >= 0.6 is 0 Å². The van der Waals surface area contributed by atoms with Crippen molar-refractivity contribution in [3.63, 3.8) is 0 Å². The van der Waals surface area contributed by atoms with Gasteiger partial charge in [0.25, 0.3) is 5.91 Å². The third-order valence-corrected chi connectivity index (χ3v) is 8.56. The summed E-state index contributed by atoms with van der Waals surface area (Å²) in [5, 5.41) is 3.85. The van der Waals surface area contributed by atoms with Gasteiger partial charge in [0.05, 0.1) is 20.3 Å². The van der Waals surface area contributed by atoms with Crippen LogP contribution in [0.1, 0.15) is 51.0 Å². The number of benzene rings is 1. The molecular formula is C26H38N2O4. The lowest BCUT2D eigenvalue weighted by Crippen LogP contribution is -2.54. The van der Waals surface area contributed by atoms with Gasteiger partial charge in [-0.2, -0.15) is 0 Å². The predicted octanol–water partition coefficient (Wildman–Crippen LogP) is 3.63. The van der Waals surface area contributed by atoms with Gasteiger partial charge in [-0.05, 0) is 86.3 Å². The maximum atomic E-state index is 12.4. The number of ether oxygens (including phenoxy) is 3. The molecule has 5 aliphatic rings. The van der Waals surface area contributed by atoms with Crippen LogP contribution in [0.15, 0.2) is 18.2 Å². The van der Waals surface area contributed by atoms with Gasteiger partial charge < -0.3 is 24.4 Å². The van der Waals surface area contributed by atoms with Gasteiger partial charge in [0.2, 0.25) is 0 Å². The van der Waals surface area contributed by atoms with E-state index in [0.717, 1.165) is 24.3 Å². The SMILES string of the molecule is COc1cc(CNC(C)C23CC4CC(CC(C4)C2)C3)ccc1OCC(=O)N1CCOCC1. The Hall–Kier alpha value is -1.79. The summed E-state index contributed by atoms with van der Waals surface area (Å²) in [6, 6.07) is 6.58. The van der Waals surface area contributed by atoms with Crippen molar-refractivity contribution in [3.8, 4) is 11.5 Å². The number of amides is 1. The van der Waals surface area contributed by atoms with E-state index in [2.05, 4.69) is 18.3 Å². The molecule has 32 heavy (non-hydrogen) atoms. The first kappa shape index (κ1) is 22.0. The van der Waals surface area contributed by atoms with Crippen molar-refractivity contribution < 1.29 is 19.0 Å². The Labute approximate surface area is 192 Å². The number of methoxy groups -OCH3 is 1. The average molecular weight is 443 g/mol. The molecule has 1 saturated heterocycles. The second-order valence-electron chi connectivity index (χ2n) is 10.6. The van der Waals surface area contributed by atoms with Crippen molar-refractivity contribution >= 4 is 5.91 Å². The first-order valence-corrected chi connectivity index (χ1v) is 12.4. The fourth-order valence-corrected chi connectivity index (χ4v) is 7.18. The second kappa shape index (κ2) is 9.22. The minimum atomic E-state index is -0.00880. The second-order valence-corrected chi connectivity index (χ2v) is 10.6. The molecule has 4 bridgehead atoms. The van der Waals surface area contributed by atoms with E-state index in [1.165, 1.54) is 44.1 Å². The van der Waals surface area contributed by atoms with E-state index in [4.69, 9.17) is 14.2 Å². The van der Waals surface area contributed by atoms with Crippen LogP contribution < -0.4 is 14.8 Å². The summed E-state index contributed by atoms with van der Waals surface area (Å²) in [6.45, 7) is 5.71. The highest BCUT2D eigenvalue weighted by molar-refractivity contribution is 5.78. The number of hydrogen-bond donors (Lipinski definition) is 1. The molecule has 1 N–H and O–H groups in total. The molecule has 0 aromatic heterocycles. The first-order valence-electron chi connectivity index (χ1n) is 12.4. The largest absolute Gasteiger partial charge is 0.493 e. The van der Waals surface area contributed by atoms with Crippen LogP contribution in [0.5, 0.6) is 11.5 Å². The lowest BCUT2D eigenvalue weighted by molar-refractivity contribution is -0.137. The molecule has 1 aromatic carbocycles. The zero-order valence-corrected chi connectivity index (χ0v) is 19.6. The topological polar surface area (TPSA) is 60.0 Å². The third-order valence-electron chi connectivity index (χ3n) is 8.56. The van der Waals surface area contributed by atoms with Crippen LogP contribution in [0, 0.1) is 23.2 Å². The van der Waals surface area contributed by atoms with Gasteiger partial charge in [-0.25, -0.2) is 0 Å². The highest BCUT2D eigenvalue weighted by Gasteiger charge is 2.52. The molecule has 176 valence electrons. The van der Waals surface area contributed by atoms with E-state index in [9.17, 15) is 4.79 Å². The van der Waals surface area contributed by atoms with Gasteiger partial charge >= 0.3 is 0 Å². The van der Waals surface area contributed by atoms with Crippen LogP contribution in [0.2, 0.25) is 0 Å². The number of nitrogens with zero attached hydrogens (tertiary/aromatic N) is 1. The van der Waals surface area contributed by atoms with Crippen molar-refractivity contribution in [2.24, 2.45) is 23.2 Å². The third kappa shape index (κ3) is 4.49. The number of carbonyl (C=O) groups excluding carboxylic acids is 1. The van der Waals surface area contributed by atoms with Gasteiger partial charge in [0.1, 0.15) is 0 Å². The zero-order chi connectivity index (χ0) is 22.1. The van der Waals surface area contributed by atoms with E-state index < -0.39 is 0 Å². The monoisotopic (exact) mass is 442 g/mol. The fourth-order valence-electron chi connectivity index (χ4n) is 7.18. The Morgan fingerprint density at radius 2 is 1.78 bits per heavy atom. The molecule has 0 spiro atoms. The summed E-state index contributed by atoms with van der Waals surface area (Å²) in [7, 11) is 1.65. The maximum absolute atomic E-state index is 12.4. The lowest BCUT2D eigenvalue weighted by Gasteiger charge is -2.59. The fraction of sp³-hybridized carbons (Fsp3) is 0.731. The normalized spacial score (nSPS) is 32.1. The Morgan fingerprint density at radius 3 is 2.41 bits per heavy atom. The van der Waals surface area contributed by atoms with Gasteiger partial charge in [0, 0.05) is 25.7 Å². The number of rotatable bonds is 8. The molecule has 1 atom stereocenters. The van der Waals surface area contributed by atoms with Crippen molar-refractivity contribution in [2.75, 3.05) is 40.0 Å². The van der Waals surface area contributed by atoms with E-state index >= 15 is 0 Å². The van der Waals surface area contributed by atoms with Crippen molar-refractivity contribution in [1.82, 2.24) is 10.2 Å². The number of hydrogen-bond acceptors (Lipinski definition) is 5. The van der Waals surface area contributed by atoms with Gasteiger partial charge in [-0.15, -0.1) is 0 Å². The van der Waals surface area contributed by atoms with Crippen molar-refractivity contribution in [1.29, 1.82) is 0 Å². The standard InChI is InChI=1S/C26H38N2O4/c1-18(26-13-20-9-21(14-26)11-22(10-20)15-26)27-16-19-3-4-23(24(12-19)30-2)32-17-25(29)28-5-7-31-8-6-28/h3-4,12,18,20-22,27H,5-11,13-17H2,1-2H3. The molecule has 0 radical (unpaired) electrons. The molecule has 6 nitrogen and oxygen atoms in total. The Bertz CT molecular complexity index is 785. The van der Waals surface area contributed by atoms with Crippen molar-refractivity contribution in [3.05, 3.63) is 23.8 Å². The minimum Gasteiger partial charge on any atom is -0.493 e. The molecule has 4 saturated carbocycles. The van der Waals surface area contributed by atoms with E-state index in [0.29, 0.717) is 49.3 Å². The van der Waals surface area contributed by atoms with Gasteiger partial charge in [-0.3, -0.25) is 4.79 Å². The molecule has 1 unspecified atom stereocenters. The summed E-state index contributed by atoms with van der Waals surface area (Å²) in [4.78, 5) is 14.2. The smallest absolute Gasteiger partial charge is 0.260 e. The summed E-state index contributed by atoms with van der Waals surface area (Å²) in [5.41, 5.74) is 1.69. The van der Waals surface area contributed by atoms with Crippen LogP contribution in [-0.4, -0.2) is 56.9 Å². The average Bonchev–Trinajstić information content (AvgIpc) is 2.80. The first-order chi connectivity index (χ1) is 15.5. The molecule has 6 rings (SSSR count). The summed E-state index contributed by atoms with van der Waals surface area (Å²) < 4.78 is 16.7. The Kier molecular flexibility index (Phi) is 6.35. The van der Waals surface area contributed by atoms with Crippen LogP contribution in [0.25, 0.3) is 0 Å². The molecular weight excluding hydrogens is 404 g/mol. The van der Waals surface area contributed by atoms with Gasteiger partial charge in [0.15, 0.2) is 18.1 Å². The van der Waals surface area contributed by atoms with E-state index in [-0.39, 0.29) is 12.5 Å². The zero-order valence-electron chi connectivity index (χ0n) is 19.6.